The fourth-order valence-corrected chi connectivity index (χ4v) is 3.09. The summed E-state index contributed by atoms with van der Waals surface area (Å²) < 4.78 is 6.66. The van der Waals surface area contributed by atoms with Crippen LogP contribution in [0.4, 0.5) is 5.82 Å². The van der Waals surface area contributed by atoms with Crippen LogP contribution in [0, 0.1) is 0 Å². The Bertz CT molecular complexity index is 705. The van der Waals surface area contributed by atoms with Crippen molar-refractivity contribution in [2.75, 3.05) is 51.3 Å². The predicted molar refractivity (Wildman–Crippen MR) is 93.5 cm³/mol. The zero-order valence-corrected chi connectivity index (χ0v) is 14.8. The Kier molecular flexibility index (Phi) is 5.77. The van der Waals surface area contributed by atoms with Gasteiger partial charge in [-0.1, -0.05) is 0 Å². The second-order valence-corrected chi connectivity index (χ2v) is 6.30. The molecule has 3 heterocycles. The summed E-state index contributed by atoms with van der Waals surface area (Å²) in [5.74, 6) is 0.976. The molecule has 9 heteroatoms. The number of carbonyl (C=O) groups excluding carboxylic acids is 1. The quantitative estimate of drug-likeness (QED) is 0.693. The van der Waals surface area contributed by atoms with E-state index < -0.39 is 0 Å². The van der Waals surface area contributed by atoms with Crippen LogP contribution in [0.3, 0.4) is 0 Å². The highest BCUT2D eigenvalue weighted by Gasteiger charge is 2.26. The minimum absolute atomic E-state index is 0.0702. The van der Waals surface area contributed by atoms with Gasteiger partial charge in [-0.25, -0.2) is 0 Å². The van der Waals surface area contributed by atoms with Gasteiger partial charge in [-0.3, -0.25) is 9.69 Å². The lowest BCUT2D eigenvalue weighted by atomic mass is 10.2. The van der Waals surface area contributed by atoms with Gasteiger partial charge in [0.2, 0.25) is 5.91 Å². The molecule has 0 aromatic carbocycles. The molecule has 0 spiro atoms. The van der Waals surface area contributed by atoms with Gasteiger partial charge in [-0.15, -0.1) is 15.3 Å². The second kappa shape index (κ2) is 8.21. The molecule has 1 atom stereocenters. The maximum Gasteiger partial charge on any atom is 0.234 e. The number of ether oxygens (including phenoxy) is 1. The van der Waals surface area contributed by atoms with Gasteiger partial charge in [0.15, 0.2) is 5.65 Å². The van der Waals surface area contributed by atoms with E-state index in [4.69, 9.17) is 4.74 Å². The van der Waals surface area contributed by atoms with Gasteiger partial charge in [0.05, 0.1) is 6.54 Å². The van der Waals surface area contributed by atoms with Crippen LogP contribution in [0.1, 0.15) is 13.3 Å². The summed E-state index contributed by atoms with van der Waals surface area (Å²) in [6.07, 6.45) is 2.44. The molecule has 1 aliphatic heterocycles. The van der Waals surface area contributed by atoms with Crippen molar-refractivity contribution in [2.24, 2.45) is 0 Å². The molecule has 1 fully saturated rings. The lowest BCUT2D eigenvalue weighted by molar-refractivity contribution is -0.122. The van der Waals surface area contributed by atoms with Crippen LogP contribution in [-0.4, -0.2) is 83.1 Å². The van der Waals surface area contributed by atoms with Crippen molar-refractivity contribution in [3.8, 4) is 0 Å². The van der Waals surface area contributed by atoms with E-state index in [2.05, 4.69) is 37.3 Å². The predicted octanol–water partition coefficient (Wildman–Crippen LogP) is -0.212. The molecule has 0 aliphatic carbocycles. The van der Waals surface area contributed by atoms with Crippen LogP contribution < -0.4 is 10.2 Å². The number of hydrogen-bond acceptors (Lipinski definition) is 7. The van der Waals surface area contributed by atoms with Crippen molar-refractivity contribution in [3.63, 3.8) is 0 Å². The van der Waals surface area contributed by atoms with E-state index in [0.29, 0.717) is 19.7 Å². The van der Waals surface area contributed by atoms with E-state index in [-0.39, 0.29) is 11.9 Å². The number of aromatic nitrogens is 4. The molecule has 2 aromatic heterocycles. The van der Waals surface area contributed by atoms with Gasteiger partial charge >= 0.3 is 0 Å². The second-order valence-electron chi connectivity index (χ2n) is 6.30. The molecule has 0 saturated carbocycles. The summed E-state index contributed by atoms with van der Waals surface area (Å²) in [4.78, 5) is 16.5. The maximum absolute atomic E-state index is 12.0. The normalized spacial score (nSPS) is 18.6. The summed E-state index contributed by atoms with van der Waals surface area (Å²) >= 11 is 0. The van der Waals surface area contributed by atoms with Crippen molar-refractivity contribution in [1.29, 1.82) is 0 Å². The number of anilines is 1. The Hall–Kier alpha value is -2.26. The Morgan fingerprint density at radius 2 is 2.28 bits per heavy atom. The molecule has 0 radical (unpaired) electrons. The number of methoxy groups -OCH3 is 1. The Balaban J connectivity index is 1.51. The largest absolute Gasteiger partial charge is 0.385 e. The van der Waals surface area contributed by atoms with E-state index in [9.17, 15) is 4.79 Å². The highest BCUT2D eigenvalue weighted by atomic mass is 16.5. The van der Waals surface area contributed by atoms with Crippen molar-refractivity contribution in [3.05, 3.63) is 18.5 Å². The zero-order chi connectivity index (χ0) is 17.6. The van der Waals surface area contributed by atoms with Crippen LogP contribution in [-0.2, 0) is 9.53 Å². The lowest BCUT2D eigenvalue weighted by Crippen LogP contribution is -2.54. The Labute approximate surface area is 146 Å². The molecule has 3 rings (SSSR count). The summed E-state index contributed by atoms with van der Waals surface area (Å²) in [6, 6.07) is 4.16. The van der Waals surface area contributed by atoms with E-state index >= 15 is 0 Å². The molecule has 9 nitrogen and oxygen atoms in total. The number of rotatable bonds is 7. The van der Waals surface area contributed by atoms with E-state index in [0.717, 1.165) is 37.5 Å². The van der Waals surface area contributed by atoms with E-state index in [1.807, 2.05) is 12.1 Å². The van der Waals surface area contributed by atoms with Crippen LogP contribution in [0.15, 0.2) is 18.5 Å². The van der Waals surface area contributed by atoms with Crippen molar-refractivity contribution < 1.29 is 9.53 Å². The van der Waals surface area contributed by atoms with Crippen LogP contribution >= 0.6 is 0 Å². The van der Waals surface area contributed by atoms with Gasteiger partial charge in [0.25, 0.3) is 0 Å². The van der Waals surface area contributed by atoms with Crippen molar-refractivity contribution >= 4 is 17.4 Å². The molecular formula is C16H25N7O2. The number of nitrogens with zero attached hydrogens (tertiary/aromatic N) is 6. The van der Waals surface area contributed by atoms with E-state index in [1.54, 1.807) is 18.0 Å². The lowest BCUT2D eigenvalue weighted by Gasteiger charge is -2.40. The maximum atomic E-state index is 12.0. The summed E-state index contributed by atoms with van der Waals surface area (Å²) in [7, 11) is 1.67. The third-order valence-corrected chi connectivity index (χ3v) is 4.37. The minimum Gasteiger partial charge on any atom is -0.385 e. The minimum atomic E-state index is 0.0702. The van der Waals surface area contributed by atoms with Gasteiger partial charge in [0, 0.05) is 45.9 Å². The molecule has 0 bridgehead atoms. The number of hydrogen-bond donors (Lipinski definition) is 1. The van der Waals surface area contributed by atoms with E-state index in [1.165, 1.54) is 0 Å². The molecule has 1 N–H and O–H groups in total. The van der Waals surface area contributed by atoms with Gasteiger partial charge in [-0.2, -0.15) is 4.52 Å². The molecule has 25 heavy (non-hydrogen) atoms. The molecule has 136 valence electrons. The molecule has 1 saturated heterocycles. The first kappa shape index (κ1) is 17.6. The van der Waals surface area contributed by atoms with Gasteiger partial charge in [-0.05, 0) is 25.5 Å². The summed E-state index contributed by atoms with van der Waals surface area (Å²) in [6.45, 7) is 6.40. The SMILES string of the molecule is COCCCNC(=O)CN1CCN(c2ccc3nncn3n2)C(C)C1. The van der Waals surface area contributed by atoms with Crippen molar-refractivity contribution in [2.45, 2.75) is 19.4 Å². The topological polar surface area (TPSA) is 87.9 Å². The summed E-state index contributed by atoms with van der Waals surface area (Å²) in [5, 5.41) is 15.3. The van der Waals surface area contributed by atoms with Crippen LogP contribution in [0.2, 0.25) is 0 Å². The zero-order valence-electron chi connectivity index (χ0n) is 14.8. The first-order valence-corrected chi connectivity index (χ1v) is 8.59. The van der Waals surface area contributed by atoms with Gasteiger partial charge in [0.1, 0.15) is 12.1 Å². The standard InChI is InChI=1S/C16H25N7O2/c1-13-10-21(11-16(24)17-6-3-9-25-2)7-8-22(13)15-5-4-14-19-18-12-23(14)20-15/h4-5,12-13H,3,6-11H2,1-2H3,(H,17,24). The monoisotopic (exact) mass is 347 g/mol. The molecular weight excluding hydrogens is 322 g/mol. The first-order chi connectivity index (χ1) is 12.2. The van der Waals surface area contributed by atoms with Crippen molar-refractivity contribution in [1.82, 2.24) is 30.0 Å². The average molecular weight is 347 g/mol. The smallest absolute Gasteiger partial charge is 0.234 e. The number of fused-ring (bicyclic) bond motifs is 1. The number of nitrogens with one attached hydrogen (secondary N) is 1. The highest BCUT2D eigenvalue weighted by Crippen LogP contribution is 2.18. The van der Waals surface area contributed by atoms with Crippen LogP contribution in [0.25, 0.3) is 5.65 Å². The fourth-order valence-electron chi connectivity index (χ4n) is 3.09. The number of carbonyl (C=O) groups is 1. The average Bonchev–Trinajstić information content (AvgIpc) is 3.06. The molecule has 2 aromatic rings. The molecule has 1 unspecified atom stereocenters. The Morgan fingerprint density at radius 3 is 3.08 bits per heavy atom. The van der Waals surface area contributed by atoms with Gasteiger partial charge < -0.3 is 15.0 Å². The first-order valence-electron chi connectivity index (χ1n) is 8.59. The third kappa shape index (κ3) is 4.43. The third-order valence-electron chi connectivity index (χ3n) is 4.37. The number of piperazine rings is 1. The Morgan fingerprint density at radius 1 is 1.40 bits per heavy atom. The van der Waals surface area contributed by atoms with Crippen LogP contribution in [0.5, 0.6) is 0 Å². The fraction of sp³-hybridized carbons (Fsp3) is 0.625. The highest BCUT2D eigenvalue weighted by molar-refractivity contribution is 5.78. The molecule has 1 amide bonds. The summed E-state index contributed by atoms with van der Waals surface area (Å²) in [5.41, 5.74) is 0.736. The number of amides is 1. The molecule has 1 aliphatic rings.